The van der Waals surface area contributed by atoms with E-state index in [4.69, 9.17) is 4.98 Å². The van der Waals surface area contributed by atoms with E-state index in [1.54, 1.807) is 6.92 Å². The van der Waals surface area contributed by atoms with Crippen molar-refractivity contribution in [3.8, 4) is 11.3 Å². The van der Waals surface area contributed by atoms with Crippen LogP contribution in [0.25, 0.3) is 22.2 Å². The Morgan fingerprint density at radius 3 is 2.33 bits per heavy atom. The summed E-state index contributed by atoms with van der Waals surface area (Å²) in [5, 5.41) is 14.0. The molecule has 4 heteroatoms. The van der Waals surface area contributed by atoms with E-state index >= 15 is 0 Å². The summed E-state index contributed by atoms with van der Waals surface area (Å²) in [6, 6.07) is 16.7. The van der Waals surface area contributed by atoms with E-state index < -0.39 is 6.10 Å². The minimum atomic E-state index is -0.397. The Bertz CT molecular complexity index is 829. The molecule has 2 N–H and O–H groups in total. The van der Waals surface area contributed by atoms with Gasteiger partial charge in [-0.1, -0.05) is 42.0 Å². The molecule has 0 spiro atoms. The van der Waals surface area contributed by atoms with Gasteiger partial charge in [0.2, 0.25) is 0 Å². The Kier molecular flexibility index (Phi) is 5.81. The van der Waals surface area contributed by atoms with Crippen molar-refractivity contribution < 1.29 is 5.11 Å². The highest BCUT2D eigenvalue weighted by atomic mass is 35.5. The number of benzene rings is 2. The Balaban J connectivity index is 0.00000208. The third-order valence-corrected chi connectivity index (χ3v) is 3.90. The van der Waals surface area contributed by atoms with Gasteiger partial charge >= 0.3 is 0 Å². The van der Waals surface area contributed by atoms with Crippen molar-refractivity contribution in [3.05, 3.63) is 59.7 Å². The fourth-order valence-electron chi connectivity index (χ4n) is 2.61. The molecule has 3 aromatic rings. The first-order chi connectivity index (χ1) is 11.0. The Labute approximate surface area is 149 Å². The third kappa shape index (κ3) is 4.05. The van der Waals surface area contributed by atoms with Gasteiger partial charge in [0.05, 0.1) is 17.3 Å². The van der Waals surface area contributed by atoms with Gasteiger partial charge in [0.1, 0.15) is 0 Å². The predicted octanol–water partition coefficient (Wildman–Crippen LogP) is 4.73. The topological polar surface area (TPSA) is 45.1 Å². The fraction of sp³-hybridized carbons (Fsp3) is 0.250. The predicted molar refractivity (Wildman–Crippen MR) is 104 cm³/mol. The molecule has 1 atom stereocenters. The molecule has 24 heavy (non-hydrogen) atoms. The van der Waals surface area contributed by atoms with E-state index in [1.165, 1.54) is 11.1 Å². The second-order valence-electron chi connectivity index (χ2n) is 6.17. The van der Waals surface area contributed by atoms with Gasteiger partial charge in [-0.15, -0.1) is 12.4 Å². The molecule has 2 aromatic carbocycles. The molecule has 1 heterocycles. The van der Waals surface area contributed by atoms with E-state index in [2.05, 4.69) is 67.7 Å². The Morgan fingerprint density at radius 2 is 1.67 bits per heavy atom. The van der Waals surface area contributed by atoms with Crippen LogP contribution < -0.4 is 5.32 Å². The van der Waals surface area contributed by atoms with Crippen LogP contribution in [-0.2, 0) is 0 Å². The van der Waals surface area contributed by atoms with Gasteiger partial charge in [-0.2, -0.15) is 0 Å². The largest absolute Gasteiger partial charge is 0.392 e. The molecule has 0 saturated heterocycles. The van der Waals surface area contributed by atoms with Crippen molar-refractivity contribution in [1.29, 1.82) is 0 Å². The summed E-state index contributed by atoms with van der Waals surface area (Å²) in [7, 11) is 0. The zero-order valence-corrected chi connectivity index (χ0v) is 15.0. The van der Waals surface area contributed by atoms with E-state index in [9.17, 15) is 5.11 Å². The average Bonchev–Trinajstić information content (AvgIpc) is 2.52. The lowest BCUT2D eigenvalue weighted by atomic mass is 10.1. The molecule has 3 rings (SSSR count). The number of nitrogens with one attached hydrogen (secondary N) is 1. The summed E-state index contributed by atoms with van der Waals surface area (Å²) in [6.07, 6.45) is -0.397. The van der Waals surface area contributed by atoms with E-state index in [0.29, 0.717) is 6.54 Å². The van der Waals surface area contributed by atoms with E-state index in [1.807, 2.05) is 0 Å². The summed E-state index contributed by atoms with van der Waals surface area (Å²) >= 11 is 0. The summed E-state index contributed by atoms with van der Waals surface area (Å²) in [4.78, 5) is 4.82. The SMILES string of the molecule is Cc1ccc(-c2cc(NC[C@H](C)O)c3ccc(C)cc3n2)cc1.Cl. The van der Waals surface area contributed by atoms with Crippen molar-refractivity contribution in [1.82, 2.24) is 4.98 Å². The van der Waals surface area contributed by atoms with Gasteiger partial charge in [-0.05, 0) is 38.5 Å². The number of fused-ring (bicyclic) bond motifs is 1. The second kappa shape index (κ2) is 7.65. The number of hydrogen-bond acceptors (Lipinski definition) is 3. The lowest BCUT2D eigenvalue weighted by Gasteiger charge is -2.14. The van der Waals surface area contributed by atoms with Crippen molar-refractivity contribution in [2.24, 2.45) is 0 Å². The van der Waals surface area contributed by atoms with E-state index in [0.717, 1.165) is 27.8 Å². The molecule has 0 unspecified atom stereocenters. The fourth-order valence-corrected chi connectivity index (χ4v) is 2.61. The summed E-state index contributed by atoms with van der Waals surface area (Å²) in [5.41, 5.74) is 6.43. The molecule has 0 aliphatic rings. The van der Waals surface area contributed by atoms with Gasteiger partial charge in [-0.3, -0.25) is 0 Å². The molecule has 0 amide bonds. The number of rotatable bonds is 4. The maximum absolute atomic E-state index is 9.57. The Hall–Kier alpha value is -2.10. The molecule has 0 aliphatic carbocycles. The molecule has 0 radical (unpaired) electrons. The number of aliphatic hydroxyl groups is 1. The highest BCUT2D eigenvalue weighted by Crippen LogP contribution is 2.29. The first-order valence-corrected chi connectivity index (χ1v) is 7.93. The van der Waals surface area contributed by atoms with Crippen LogP contribution in [0.15, 0.2) is 48.5 Å². The van der Waals surface area contributed by atoms with Crippen LogP contribution in [0.5, 0.6) is 0 Å². The lowest BCUT2D eigenvalue weighted by molar-refractivity contribution is 0.208. The number of aromatic nitrogens is 1. The third-order valence-electron chi connectivity index (χ3n) is 3.90. The van der Waals surface area contributed by atoms with E-state index in [-0.39, 0.29) is 12.4 Å². The van der Waals surface area contributed by atoms with Crippen molar-refractivity contribution in [2.45, 2.75) is 26.9 Å². The monoisotopic (exact) mass is 342 g/mol. The zero-order valence-electron chi connectivity index (χ0n) is 14.2. The molecule has 0 saturated carbocycles. The normalized spacial score (nSPS) is 11.8. The Morgan fingerprint density at radius 1 is 1.00 bits per heavy atom. The van der Waals surface area contributed by atoms with Crippen LogP contribution in [0.1, 0.15) is 18.1 Å². The second-order valence-corrected chi connectivity index (χ2v) is 6.17. The molecule has 0 aliphatic heterocycles. The molecule has 1 aromatic heterocycles. The van der Waals surface area contributed by atoms with Crippen LogP contribution in [0.3, 0.4) is 0 Å². The smallest absolute Gasteiger partial charge is 0.0732 e. The van der Waals surface area contributed by atoms with Gasteiger partial charge < -0.3 is 10.4 Å². The molecule has 126 valence electrons. The molecule has 0 bridgehead atoms. The summed E-state index contributed by atoms with van der Waals surface area (Å²) in [5.74, 6) is 0. The van der Waals surface area contributed by atoms with Crippen molar-refractivity contribution in [3.63, 3.8) is 0 Å². The number of aliphatic hydroxyl groups excluding tert-OH is 1. The molecule has 3 nitrogen and oxygen atoms in total. The van der Waals surface area contributed by atoms with Crippen LogP contribution in [0.4, 0.5) is 5.69 Å². The summed E-state index contributed by atoms with van der Waals surface area (Å²) < 4.78 is 0. The lowest BCUT2D eigenvalue weighted by Crippen LogP contribution is -2.15. The number of anilines is 1. The van der Waals surface area contributed by atoms with Gasteiger partial charge in [0.25, 0.3) is 0 Å². The van der Waals surface area contributed by atoms with Crippen LogP contribution in [0.2, 0.25) is 0 Å². The number of nitrogens with zero attached hydrogens (tertiary/aromatic N) is 1. The van der Waals surface area contributed by atoms with Crippen molar-refractivity contribution in [2.75, 3.05) is 11.9 Å². The van der Waals surface area contributed by atoms with Gasteiger partial charge in [-0.25, -0.2) is 4.98 Å². The molecule has 0 fully saturated rings. The first kappa shape index (κ1) is 18.2. The highest BCUT2D eigenvalue weighted by molar-refractivity contribution is 5.94. The minimum Gasteiger partial charge on any atom is -0.392 e. The van der Waals surface area contributed by atoms with Crippen LogP contribution in [-0.4, -0.2) is 22.7 Å². The number of aryl methyl sites for hydroxylation is 2. The maximum Gasteiger partial charge on any atom is 0.0732 e. The summed E-state index contributed by atoms with van der Waals surface area (Å²) in [6.45, 7) is 6.45. The number of hydrogen-bond donors (Lipinski definition) is 2. The number of halogens is 1. The molecular formula is C20H23ClN2O. The highest BCUT2D eigenvalue weighted by Gasteiger charge is 2.08. The van der Waals surface area contributed by atoms with Crippen molar-refractivity contribution >= 4 is 29.0 Å². The average molecular weight is 343 g/mol. The zero-order chi connectivity index (χ0) is 16.4. The first-order valence-electron chi connectivity index (χ1n) is 7.93. The quantitative estimate of drug-likeness (QED) is 0.720. The van der Waals surface area contributed by atoms with Gasteiger partial charge in [0.15, 0.2) is 0 Å². The minimum absolute atomic E-state index is 0. The number of pyridine rings is 1. The standard InChI is InChI=1S/C20H22N2O.ClH/c1-13-4-7-16(8-5-13)18-11-19(21-12-15(3)23)17-9-6-14(2)10-20(17)22-18;/h4-11,15,23H,12H2,1-3H3,(H,21,22);1H/t15-;/m0./s1. The van der Waals surface area contributed by atoms with Crippen LogP contribution >= 0.6 is 12.4 Å². The molecular weight excluding hydrogens is 320 g/mol. The maximum atomic E-state index is 9.57. The van der Waals surface area contributed by atoms with Gasteiger partial charge in [0, 0.05) is 23.2 Å². The van der Waals surface area contributed by atoms with Crippen LogP contribution in [0, 0.1) is 13.8 Å².